The molecule has 23 heavy (non-hydrogen) atoms. The summed E-state index contributed by atoms with van der Waals surface area (Å²) in [5, 5.41) is 13.2. The van der Waals surface area contributed by atoms with Crippen LogP contribution in [-0.4, -0.2) is 24.4 Å². The molecule has 1 aliphatic rings. The van der Waals surface area contributed by atoms with E-state index in [1.807, 2.05) is 0 Å². The molecule has 0 saturated carbocycles. The van der Waals surface area contributed by atoms with Crippen molar-refractivity contribution in [3.05, 3.63) is 54.0 Å². The monoisotopic (exact) mass is 315 g/mol. The topological polar surface area (TPSA) is 80.9 Å². The van der Waals surface area contributed by atoms with Gasteiger partial charge in [0, 0.05) is 11.6 Å². The van der Waals surface area contributed by atoms with Crippen LogP contribution in [-0.2, 0) is 10.4 Å². The van der Waals surface area contributed by atoms with Gasteiger partial charge in [-0.2, -0.15) is 0 Å². The summed E-state index contributed by atoms with van der Waals surface area (Å²) in [6.45, 7) is 1.88. The smallest absolute Gasteiger partial charge is 0.244 e. The van der Waals surface area contributed by atoms with Crippen molar-refractivity contribution in [2.75, 3.05) is 13.3 Å². The molecule has 6 nitrogen and oxygen atoms in total. The largest absolute Gasteiger partial charge is 0.472 e. The maximum absolute atomic E-state index is 11.8. The minimum absolute atomic E-state index is 0.0706. The maximum Gasteiger partial charge on any atom is 0.244 e. The average Bonchev–Trinajstić information content (AvgIpc) is 3.21. The van der Waals surface area contributed by atoms with Crippen LogP contribution in [0.25, 0.3) is 6.08 Å². The summed E-state index contributed by atoms with van der Waals surface area (Å²) in [4.78, 5) is 11.8. The Morgan fingerprint density at radius 3 is 2.96 bits per heavy atom. The molecule has 1 aromatic carbocycles. The van der Waals surface area contributed by atoms with Crippen LogP contribution >= 0.6 is 0 Å². The Kier molecular flexibility index (Phi) is 4.08. The fraction of sp³-hybridized carbons (Fsp3) is 0.235. The first kappa shape index (κ1) is 15.2. The number of carbonyl (C=O) groups is 1. The van der Waals surface area contributed by atoms with Gasteiger partial charge in [0.1, 0.15) is 5.60 Å². The van der Waals surface area contributed by atoms with E-state index in [0.717, 1.165) is 5.56 Å². The van der Waals surface area contributed by atoms with Gasteiger partial charge in [0.15, 0.2) is 11.5 Å². The van der Waals surface area contributed by atoms with E-state index in [1.165, 1.54) is 18.6 Å². The first-order chi connectivity index (χ1) is 11.0. The number of nitrogens with one attached hydrogen (secondary N) is 1. The Hall–Kier alpha value is -2.73. The first-order valence-corrected chi connectivity index (χ1v) is 7.15. The van der Waals surface area contributed by atoms with Gasteiger partial charge in [-0.25, -0.2) is 0 Å². The third kappa shape index (κ3) is 3.54. The van der Waals surface area contributed by atoms with E-state index in [0.29, 0.717) is 17.1 Å². The van der Waals surface area contributed by atoms with Crippen LogP contribution in [0.15, 0.2) is 47.3 Å². The second kappa shape index (κ2) is 6.18. The minimum Gasteiger partial charge on any atom is -0.472 e. The van der Waals surface area contributed by atoms with Gasteiger partial charge in [0.25, 0.3) is 0 Å². The van der Waals surface area contributed by atoms with Gasteiger partial charge in [-0.05, 0) is 36.8 Å². The zero-order chi connectivity index (χ0) is 16.3. The summed E-state index contributed by atoms with van der Waals surface area (Å²) in [7, 11) is 0. The van der Waals surface area contributed by atoms with E-state index in [1.54, 1.807) is 37.3 Å². The van der Waals surface area contributed by atoms with Crippen LogP contribution in [0.3, 0.4) is 0 Å². The van der Waals surface area contributed by atoms with Crippen LogP contribution < -0.4 is 14.8 Å². The van der Waals surface area contributed by atoms with Gasteiger partial charge in [0.05, 0.1) is 19.1 Å². The molecule has 120 valence electrons. The molecular weight excluding hydrogens is 298 g/mol. The predicted molar refractivity (Wildman–Crippen MR) is 82.9 cm³/mol. The molecule has 0 aliphatic carbocycles. The zero-order valence-corrected chi connectivity index (χ0v) is 12.6. The highest BCUT2D eigenvalue weighted by molar-refractivity contribution is 5.91. The third-order valence-electron chi connectivity index (χ3n) is 3.57. The fourth-order valence-electron chi connectivity index (χ4n) is 2.19. The fourth-order valence-corrected chi connectivity index (χ4v) is 2.19. The van der Waals surface area contributed by atoms with E-state index < -0.39 is 5.60 Å². The lowest BCUT2D eigenvalue weighted by Gasteiger charge is -2.24. The van der Waals surface area contributed by atoms with Crippen molar-refractivity contribution in [2.24, 2.45) is 0 Å². The molecule has 1 aromatic heterocycles. The molecule has 0 spiro atoms. The molecule has 1 atom stereocenters. The Balaban J connectivity index is 1.61. The van der Waals surface area contributed by atoms with Crippen LogP contribution in [0.4, 0.5) is 0 Å². The highest BCUT2D eigenvalue weighted by Crippen LogP contribution is 2.35. The number of aliphatic hydroxyl groups is 1. The summed E-state index contributed by atoms with van der Waals surface area (Å²) in [6, 6.07) is 6.95. The molecule has 0 unspecified atom stereocenters. The van der Waals surface area contributed by atoms with E-state index in [9.17, 15) is 9.90 Å². The molecule has 0 saturated heterocycles. The second-order valence-electron chi connectivity index (χ2n) is 5.45. The molecule has 1 aliphatic heterocycles. The lowest BCUT2D eigenvalue weighted by atomic mass is 9.95. The van der Waals surface area contributed by atoms with Crippen molar-refractivity contribution < 1.29 is 23.8 Å². The van der Waals surface area contributed by atoms with E-state index in [-0.39, 0.29) is 19.2 Å². The summed E-state index contributed by atoms with van der Waals surface area (Å²) in [5.41, 5.74) is 0.212. The van der Waals surface area contributed by atoms with Crippen molar-refractivity contribution in [3.63, 3.8) is 0 Å². The number of rotatable bonds is 5. The normalized spacial score (nSPS) is 15.6. The third-order valence-corrected chi connectivity index (χ3v) is 3.57. The van der Waals surface area contributed by atoms with Gasteiger partial charge in [-0.1, -0.05) is 6.07 Å². The van der Waals surface area contributed by atoms with Gasteiger partial charge in [-0.15, -0.1) is 0 Å². The SMILES string of the molecule is C[C@@](O)(CNC(=O)/C=C/c1ccoc1)c1ccc2c(c1)OCO2. The van der Waals surface area contributed by atoms with E-state index in [2.05, 4.69) is 5.32 Å². The highest BCUT2D eigenvalue weighted by atomic mass is 16.7. The summed E-state index contributed by atoms with van der Waals surface area (Å²) in [6.07, 6.45) is 6.09. The number of benzene rings is 1. The first-order valence-electron chi connectivity index (χ1n) is 7.15. The number of amides is 1. The Labute approximate surface area is 133 Å². The second-order valence-corrected chi connectivity index (χ2v) is 5.45. The lowest BCUT2D eigenvalue weighted by Crippen LogP contribution is -2.37. The standard InChI is InChI=1S/C17H17NO5/c1-17(20,13-3-4-14-15(8-13)23-11-22-14)10-18-16(19)5-2-12-6-7-21-9-12/h2-9,20H,10-11H2,1H3,(H,18,19)/b5-2+/t17-/m1/s1. The number of fused-ring (bicyclic) bond motifs is 1. The Morgan fingerprint density at radius 2 is 2.17 bits per heavy atom. The molecule has 6 heteroatoms. The van der Waals surface area contributed by atoms with Crippen LogP contribution in [0.1, 0.15) is 18.1 Å². The van der Waals surface area contributed by atoms with Crippen molar-refractivity contribution in [2.45, 2.75) is 12.5 Å². The number of carbonyl (C=O) groups excluding carboxylic acids is 1. The average molecular weight is 315 g/mol. The summed E-state index contributed by atoms with van der Waals surface area (Å²) >= 11 is 0. The van der Waals surface area contributed by atoms with E-state index >= 15 is 0 Å². The van der Waals surface area contributed by atoms with Crippen molar-refractivity contribution >= 4 is 12.0 Å². The zero-order valence-electron chi connectivity index (χ0n) is 12.6. The summed E-state index contributed by atoms with van der Waals surface area (Å²) in [5.74, 6) is 0.942. The highest BCUT2D eigenvalue weighted by Gasteiger charge is 2.26. The quantitative estimate of drug-likeness (QED) is 0.825. The molecule has 0 fully saturated rings. The molecule has 0 radical (unpaired) electrons. The van der Waals surface area contributed by atoms with Crippen molar-refractivity contribution in [3.8, 4) is 11.5 Å². The van der Waals surface area contributed by atoms with Crippen LogP contribution in [0.2, 0.25) is 0 Å². The van der Waals surface area contributed by atoms with Crippen molar-refractivity contribution in [1.82, 2.24) is 5.32 Å². The maximum atomic E-state index is 11.8. The lowest BCUT2D eigenvalue weighted by molar-refractivity contribution is -0.117. The molecule has 2 aromatic rings. The number of hydrogen-bond donors (Lipinski definition) is 2. The predicted octanol–water partition coefficient (Wildman–Crippen LogP) is 2.05. The molecule has 2 N–H and O–H groups in total. The molecular formula is C17H17NO5. The van der Waals surface area contributed by atoms with Crippen LogP contribution in [0, 0.1) is 0 Å². The molecule has 1 amide bonds. The Bertz CT molecular complexity index is 719. The van der Waals surface area contributed by atoms with Crippen molar-refractivity contribution in [1.29, 1.82) is 0 Å². The number of ether oxygens (including phenoxy) is 2. The van der Waals surface area contributed by atoms with Gasteiger partial charge < -0.3 is 24.3 Å². The minimum atomic E-state index is -1.22. The van der Waals surface area contributed by atoms with Crippen LogP contribution in [0.5, 0.6) is 11.5 Å². The summed E-state index contributed by atoms with van der Waals surface area (Å²) < 4.78 is 15.5. The number of hydrogen-bond acceptors (Lipinski definition) is 5. The van der Waals surface area contributed by atoms with Gasteiger partial charge in [-0.3, -0.25) is 4.79 Å². The number of furan rings is 1. The molecule has 2 heterocycles. The van der Waals surface area contributed by atoms with Gasteiger partial charge >= 0.3 is 0 Å². The van der Waals surface area contributed by atoms with Gasteiger partial charge in [0.2, 0.25) is 12.7 Å². The molecule has 3 rings (SSSR count). The molecule has 0 bridgehead atoms. The Morgan fingerprint density at radius 1 is 1.35 bits per heavy atom. The van der Waals surface area contributed by atoms with E-state index in [4.69, 9.17) is 13.9 Å².